The van der Waals surface area contributed by atoms with Crippen molar-refractivity contribution >= 4 is 0 Å². The number of hydrogen-bond acceptors (Lipinski definition) is 2. The third kappa shape index (κ3) is 4.16. The minimum atomic E-state index is -0.461. The van der Waals surface area contributed by atoms with Crippen molar-refractivity contribution in [3.05, 3.63) is 69.8 Å². The van der Waals surface area contributed by atoms with Gasteiger partial charge in [0.15, 0.2) is 0 Å². The average molecular weight is 283 g/mol. The van der Waals surface area contributed by atoms with Crippen molar-refractivity contribution in [2.45, 2.75) is 40.3 Å². The van der Waals surface area contributed by atoms with Crippen molar-refractivity contribution in [1.29, 1.82) is 0 Å². The third-order valence-corrected chi connectivity index (χ3v) is 4.07. The number of benzene rings is 2. The lowest BCUT2D eigenvalue weighted by Crippen LogP contribution is -2.21. The van der Waals surface area contributed by atoms with Crippen LogP contribution < -0.4 is 5.32 Å². The lowest BCUT2D eigenvalue weighted by Gasteiger charge is -2.14. The van der Waals surface area contributed by atoms with E-state index in [1.54, 1.807) is 0 Å². The van der Waals surface area contributed by atoms with Crippen LogP contribution in [0.5, 0.6) is 0 Å². The molecule has 0 aliphatic heterocycles. The number of rotatable bonds is 5. The molecule has 2 aromatic rings. The summed E-state index contributed by atoms with van der Waals surface area (Å²) in [6.07, 6.45) is -0.461. The highest BCUT2D eigenvalue weighted by Gasteiger charge is 2.07. The topological polar surface area (TPSA) is 32.3 Å². The molecule has 2 N–H and O–H groups in total. The minimum Gasteiger partial charge on any atom is -0.387 e. The van der Waals surface area contributed by atoms with Gasteiger partial charge in [0.1, 0.15) is 0 Å². The summed E-state index contributed by atoms with van der Waals surface area (Å²) in [5.41, 5.74) is 7.42. The van der Waals surface area contributed by atoms with Gasteiger partial charge in [-0.05, 0) is 55.5 Å². The van der Waals surface area contributed by atoms with Crippen LogP contribution in [0.2, 0.25) is 0 Å². The largest absolute Gasteiger partial charge is 0.387 e. The molecule has 0 amide bonds. The fourth-order valence-electron chi connectivity index (χ4n) is 2.46. The molecule has 2 heteroatoms. The summed E-state index contributed by atoms with van der Waals surface area (Å²) in [6.45, 7) is 9.82. The van der Waals surface area contributed by atoms with Gasteiger partial charge in [0.2, 0.25) is 0 Å². The van der Waals surface area contributed by atoms with Gasteiger partial charge in [0.05, 0.1) is 6.10 Å². The lowest BCUT2D eigenvalue weighted by atomic mass is 10.0. The molecule has 2 nitrogen and oxygen atoms in total. The summed E-state index contributed by atoms with van der Waals surface area (Å²) >= 11 is 0. The molecule has 0 radical (unpaired) electrons. The number of aryl methyl sites for hydroxylation is 4. The molecule has 0 bridgehead atoms. The van der Waals surface area contributed by atoms with Crippen molar-refractivity contribution in [3.63, 3.8) is 0 Å². The van der Waals surface area contributed by atoms with Crippen LogP contribution in [0, 0.1) is 27.7 Å². The Balaban J connectivity index is 1.92. The van der Waals surface area contributed by atoms with E-state index < -0.39 is 6.10 Å². The zero-order valence-corrected chi connectivity index (χ0v) is 13.4. The molecule has 0 fully saturated rings. The van der Waals surface area contributed by atoms with E-state index in [1.165, 1.54) is 27.8 Å². The Labute approximate surface area is 127 Å². The van der Waals surface area contributed by atoms with Crippen LogP contribution in [0.4, 0.5) is 0 Å². The Bertz CT molecular complexity index is 602. The fourth-order valence-corrected chi connectivity index (χ4v) is 2.46. The van der Waals surface area contributed by atoms with Crippen LogP contribution in [-0.2, 0) is 6.54 Å². The standard InChI is InChI=1S/C19H25NO/c1-13-5-7-17(8-6-13)19(21)12-20-11-18-10-15(3)14(2)9-16(18)4/h5-10,19-21H,11-12H2,1-4H3/t19-/m1/s1. The van der Waals surface area contributed by atoms with Crippen molar-refractivity contribution < 1.29 is 5.11 Å². The first-order chi connectivity index (χ1) is 9.97. The zero-order chi connectivity index (χ0) is 15.4. The molecule has 0 saturated heterocycles. The molecule has 0 spiro atoms. The van der Waals surface area contributed by atoms with Crippen molar-refractivity contribution in [2.75, 3.05) is 6.54 Å². The first-order valence-electron chi connectivity index (χ1n) is 7.49. The van der Waals surface area contributed by atoms with Crippen LogP contribution in [0.3, 0.4) is 0 Å². The normalized spacial score (nSPS) is 12.4. The van der Waals surface area contributed by atoms with Gasteiger partial charge in [-0.15, -0.1) is 0 Å². The molecule has 0 aromatic heterocycles. The molecule has 2 rings (SSSR count). The Morgan fingerprint density at radius 2 is 1.52 bits per heavy atom. The van der Waals surface area contributed by atoms with Gasteiger partial charge >= 0.3 is 0 Å². The Morgan fingerprint density at radius 1 is 0.905 bits per heavy atom. The molecular formula is C19H25NO. The van der Waals surface area contributed by atoms with E-state index in [2.05, 4.69) is 45.1 Å². The Hall–Kier alpha value is -1.64. The molecule has 0 unspecified atom stereocenters. The maximum Gasteiger partial charge on any atom is 0.0914 e. The molecular weight excluding hydrogens is 258 g/mol. The maximum atomic E-state index is 10.2. The molecule has 0 aliphatic rings. The second-order valence-corrected chi connectivity index (χ2v) is 5.92. The molecule has 0 saturated carbocycles. The third-order valence-electron chi connectivity index (χ3n) is 4.07. The van der Waals surface area contributed by atoms with Crippen molar-refractivity contribution in [3.8, 4) is 0 Å². The van der Waals surface area contributed by atoms with E-state index in [4.69, 9.17) is 0 Å². The highest BCUT2D eigenvalue weighted by Crippen LogP contribution is 2.16. The molecule has 1 atom stereocenters. The van der Waals surface area contributed by atoms with Crippen LogP contribution in [0.25, 0.3) is 0 Å². The SMILES string of the molecule is Cc1ccc([C@H](O)CNCc2cc(C)c(C)cc2C)cc1. The first-order valence-corrected chi connectivity index (χ1v) is 7.49. The van der Waals surface area contributed by atoms with Gasteiger partial charge in [-0.3, -0.25) is 0 Å². The smallest absolute Gasteiger partial charge is 0.0914 e. The van der Waals surface area contributed by atoms with Crippen LogP contribution in [-0.4, -0.2) is 11.7 Å². The summed E-state index contributed by atoms with van der Waals surface area (Å²) < 4.78 is 0. The van der Waals surface area contributed by atoms with Crippen LogP contribution in [0.15, 0.2) is 36.4 Å². The van der Waals surface area contributed by atoms with Gasteiger partial charge in [-0.2, -0.15) is 0 Å². The van der Waals surface area contributed by atoms with E-state index in [0.29, 0.717) is 6.54 Å². The number of hydrogen-bond donors (Lipinski definition) is 2. The quantitative estimate of drug-likeness (QED) is 0.876. The van der Waals surface area contributed by atoms with E-state index >= 15 is 0 Å². The summed E-state index contributed by atoms with van der Waals surface area (Å²) in [5, 5.41) is 13.5. The van der Waals surface area contributed by atoms with E-state index in [0.717, 1.165) is 12.1 Å². The average Bonchev–Trinajstić information content (AvgIpc) is 2.45. The Morgan fingerprint density at radius 3 is 2.19 bits per heavy atom. The predicted molar refractivity (Wildman–Crippen MR) is 88.5 cm³/mol. The van der Waals surface area contributed by atoms with Gasteiger partial charge in [-0.1, -0.05) is 42.0 Å². The predicted octanol–water partition coefficient (Wildman–Crippen LogP) is 3.74. The van der Waals surface area contributed by atoms with E-state index in [9.17, 15) is 5.11 Å². The summed E-state index contributed by atoms with van der Waals surface area (Å²) in [4.78, 5) is 0. The minimum absolute atomic E-state index is 0.461. The summed E-state index contributed by atoms with van der Waals surface area (Å²) in [6, 6.07) is 12.5. The maximum absolute atomic E-state index is 10.2. The van der Waals surface area contributed by atoms with Gasteiger partial charge in [-0.25, -0.2) is 0 Å². The molecule has 0 heterocycles. The second-order valence-electron chi connectivity index (χ2n) is 5.92. The van der Waals surface area contributed by atoms with Crippen LogP contribution >= 0.6 is 0 Å². The van der Waals surface area contributed by atoms with Crippen molar-refractivity contribution in [2.24, 2.45) is 0 Å². The Kier molecular flexibility index (Phi) is 5.16. The molecule has 0 aliphatic carbocycles. The first kappa shape index (κ1) is 15.7. The van der Waals surface area contributed by atoms with Gasteiger partial charge < -0.3 is 10.4 Å². The molecule has 112 valence electrons. The highest BCUT2D eigenvalue weighted by molar-refractivity contribution is 5.36. The zero-order valence-electron chi connectivity index (χ0n) is 13.4. The van der Waals surface area contributed by atoms with Crippen molar-refractivity contribution in [1.82, 2.24) is 5.32 Å². The fraction of sp³-hybridized carbons (Fsp3) is 0.368. The number of nitrogens with one attached hydrogen (secondary N) is 1. The second kappa shape index (κ2) is 6.88. The van der Waals surface area contributed by atoms with Gasteiger partial charge in [0, 0.05) is 13.1 Å². The highest BCUT2D eigenvalue weighted by atomic mass is 16.3. The number of aliphatic hydroxyl groups excluding tert-OH is 1. The van der Waals surface area contributed by atoms with E-state index in [-0.39, 0.29) is 0 Å². The lowest BCUT2D eigenvalue weighted by molar-refractivity contribution is 0.174. The number of aliphatic hydroxyl groups is 1. The van der Waals surface area contributed by atoms with E-state index in [1.807, 2.05) is 24.3 Å². The van der Waals surface area contributed by atoms with Gasteiger partial charge in [0.25, 0.3) is 0 Å². The monoisotopic (exact) mass is 283 g/mol. The summed E-state index contributed by atoms with van der Waals surface area (Å²) in [7, 11) is 0. The molecule has 21 heavy (non-hydrogen) atoms. The van der Waals surface area contributed by atoms with Crippen LogP contribution in [0.1, 0.15) is 39.5 Å². The summed E-state index contributed by atoms with van der Waals surface area (Å²) in [5.74, 6) is 0. The molecule has 2 aromatic carbocycles.